The van der Waals surface area contributed by atoms with Gasteiger partial charge in [-0.1, -0.05) is 44.5 Å². The fraction of sp³-hybridized carbons (Fsp3) is 0.438. The van der Waals surface area contributed by atoms with E-state index in [1.807, 2.05) is 20.8 Å². The number of rotatable bonds is 4. The van der Waals surface area contributed by atoms with E-state index in [9.17, 15) is 8.42 Å². The minimum absolute atomic E-state index is 0.198. The maximum Gasteiger partial charge on any atom is 0.209 e. The molecule has 0 aliphatic carbocycles. The number of hydrogen-bond donors (Lipinski definition) is 0. The SMILES string of the molecule is C[C@@H](c1ccc(Cl)cc1)S(=O)(=O)Cc1ncc(C(C)(C)C)o1. The van der Waals surface area contributed by atoms with Gasteiger partial charge in [0, 0.05) is 10.4 Å². The van der Waals surface area contributed by atoms with Crippen LogP contribution in [0.4, 0.5) is 0 Å². The third kappa shape index (κ3) is 3.90. The smallest absolute Gasteiger partial charge is 0.209 e. The van der Waals surface area contributed by atoms with Gasteiger partial charge in [-0.05, 0) is 24.6 Å². The summed E-state index contributed by atoms with van der Waals surface area (Å²) in [4.78, 5) is 4.09. The van der Waals surface area contributed by atoms with Crippen LogP contribution in [0.3, 0.4) is 0 Å². The van der Waals surface area contributed by atoms with Crippen molar-refractivity contribution in [1.29, 1.82) is 0 Å². The zero-order chi connectivity index (χ0) is 16.5. The van der Waals surface area contributed by atoms with Gasteiger partial charge in [-0.25, -0.2) is 13.4 Å². The second-order valence-electron chi connectivity index (χ2n) is 6.37. The average Bonchev–Trinajstić information content (AvgIpc) is 2.86. The fourth-order valence-electron chi connectivity index (χ4n) is 1.96. The minimum Gasteiger partial charge on any atom is -0.444 e. The molecule has 22 heavy (non-hydrogen) atoms. The number of sulfone groups is 1. The Morgan fingerprint density at radius 1 is 1.23 bits per heavy atom. The summed E-state index contributed by atoms with van der Waals surface area (Å²) in [5, 5.41) is -0.0642. The van der Waals surface area contributed by atoms with Gasteiger partial charge in [-0.2, -0.15) is 0 Å². The summed E-state index contributed by atoms with van der Waals surface area (Å²) in [6.45, 7) is 7.62. The highest BCUT2D eigenvalue weighted by atomic mass is 35.5. The molecule has 2 aromatic rings. The van der Waals surface area contributed by atoms with Crippen molar-refractivity contribution in [2.75, 3.05) is 0 Å². The highest BCUT2D eigenvalue weighted by molar-refractivity contribution is 7.90. The molecule has 1 aromatic carbocycles. The van der Waals surface area contributed by atoms with Crippen LogP contribution in [0.5, 0.6) is 0 Å². The first-order valence-corrected chi connectivity index (χ1v) is 9.11. The minimum atomic E-state index is -3.41. The monoisotopic (exact) mass is 341 g/mol. The summed E-state index contributed by atoms with van der Waals surface area (Å²) in [6.07, 6.45) is 1.60. The molecule has 0 saturated heterocycles. The molecule has 0 aliphatic heterocycles. The standard InChI is InChI=1S/C16H20ClNO3S/c1-11(12-5-7-13(17)8-6-12)22(19,20)10-15-18-9-14(21-15)16(2,3)4/h5-9,11H,10H2,1-4H3/t11-/m0/s1. The quantitative estimate of drug-likeness (QED) is 0.831. The first-order chi connectivity index (χ1) is 10.1. The van der Waals surface area contributed by atoms with Gasteiger partial charge in [-0.3, -0.25) is 0 Å². The Balaban J connectivity index is 2.20. The summed E-state index contributed by atoms with van der Waals surface area (Å²) in [5.41, 5.74) is 0.503. The van der Waals surface area contributed by atoms with E-state index in [1.165, 1.54) is 0 Å². The average molecular weight is 342 g/mol. The van der Waals surface area contributed by atoms with Gasteiger partial charge in [0.1, 0.15) is 11.5 Å². The molecule has 0 amide bonds. The van der Waals surface area contributed by atoms with E-state index in [2.05, 4.69) is 4.98 Å². The van der Waals surface area contributed by atoms with E-state index < -0.39 is 15.1 Å². The maximum absolute atomic E-state index is 12.5. The molecule has 2 rings (SSSR count). The van der Waals surface area contributed by atoms with Crippen LogP contribution in [0.1, 0.15) is 50.2 Å². The Bertz CT molecular complexity index is 742. The molecule has 0 radical (unpaired) electrons. The van der Waals surface area contributed by atoms with E-state index in [0.29, 0.717) is 16.3 Å². The predicted molar refractivity (Wildman–Crippen MR) is 87.7 cm³/mol. The summed E-state index contributed by atoms with van der Waals surface area (Å²) >= 11 is 5.83. The molecular formula is C16H20ClNO3S. The molecule has 0 saturated carbocycles. The summed E-state index contributed by atoms with van der Waals surface area (Å²) in [7, 11) is -3.41. The Morgan fingerprint density at radius 3 is 2.32 bits per heavy atom. The molecule has 0 aliphatic rings. The lowest BCUT2D eigenvalue weighted by atomic mass is 9.94. The van der Waals surface area contributed by atoms with Gasteiger partial charge in [0.15, 0.2) is 9.84 Å². The van der Waals surface area contributed by atoms with Crippen LogP contribution >= 0.6 is 11.6 Å². The normalized spacial score (nSPS) is 14.0. The van der Waals surface area contributed by atoms with Gasteiger partial charge < -0.3 is 4.42 Å². The van der Waals surface area contributed by atoms with E-state index in [1.54, 1.807) is 37.4 Å². The molecule has 0 N–H and O–H groups in total. The highest BCUT2D eigenvalue weighted by Gasteiger charge is 2.27. The molecule has 4 nitrogen and oxygen atoms in total. The van der Waals surface area contributed by atoms with Gasteiger partial charge in [0.2, 0.25) is 5.89 Å². The number of nitrogens with zero attached hydrogens (tertiary/aromatic N) is 1. The number of oxazole rings is 1. The maximum atomic E-state index is 12.5. The first kappa shape index (κ1) is 17.0. The summed E-state index contributed by atoms with van der Waals surface area (Å²) in [6, 6.07) is 6.82. The van der Waals surface area contributed by atoms with Crippen molar-refractivity contribution in [2.24, 2.45) is 0 Å². The molecule has 0 spiro atoms. The molecule has 0 unspecified atom stereocenters. The predicted octanol–water partition coefficient (Wildman–Crippen LogP) is 4.30. The van der Waals surface area contributed by atoms with Crippen molar-refractivity contribution < 1.29 is 12.8 Å². The lowest BCUT2D eigenvalue weighted by Gasteiger charge is -2.14. The molecule has 1 atom stereocenters. The van der Waals surface area contributed by atoms with Crippen molar-refractivity contribution in [3.05, 3.63) is 52.7 Å². The molecule has 0 bridgehead atoms. The highest BCUT2D eigenvalue weighted by Crippen LogP contribution is 2.28. The lowest BCUT2D eigenvalue weighted by Crippen LogP contribution is -2.13. The molecule has 120 valence electrons. The Hall–Kier alpha value is -1.33. The summed E-state index contributed by atoms with van der Waals surface area (Å²) < 4.78 is 30.6. The van der Waals surface area contributed by atoms with Crippen LogP contribution in [0.15, 0.2) is 34.9 Å². The first-order valence-electron chi connectivity index (χ1n) is 7.02. The zero-order valence-corrected chi connectivity index (χ0v) is 14.7. The molecule has 1 aromatic heterocycles. The van der Waals surface area contributed by atoms with E-state index >= 15 is 0 Å². The van der Waals surface area contributed by atoms with Crippen LogP contribution in [0.25, 0.3) is 0 Å². The second kappa shape index (κ2) is 6.05. The van der Waals surface area contributed by atoms with Crippen LogP contribution in [0.2, 0.25) is 5.02 Å². The van der Waals surface area contributed by atoms with E-state index in [-0.39, 0.29) is 17.1 Å². The number of hydrogen-bond acceptors (Lipinski definition) is 4. The molecule has 1 heterocycles. The third-order valence-electron chi connectivity index (χ3n) is 3.50. The van der Waals surface area contributed by atoms with Gasteiger partial charge >= 0.3 is 0 Å². The molecular weight excluding hydrogens is 322 g/mol. The lowest BCUT2D eigenvalue weighted by molar-refractivity contribution is 0.389. The number of benzene rings is 1. The Morgan fingerprint density at radius 2 is 1.82 bits per heavy atom. The zero-order valence-electron chi connectivity index (χ0n) is 13.1. The van der Waals surface area contributed by atoms with Gasteiger partial charge in [0.25, 0.3) is 0 Å². The largest absolute Gasteiger partial charge is 0.444 e. The van der Waals surface area contributed by atoms with Crippen LogP contribution in [-0.2, 0) is 21.0 Å². The van der Waals surface area contributed by atoms with Crippen molar-refractivity contribution in [3.8, 4) is 0 Å². The number of halogens is 1. The van der Waals surface area contributed by atoms with E-state index in [4.69, 9.17) is 16.0 Å². The second-order valence-corrected chi connectivity index (χ2v) is 9.13. The van der Waals surface area contributed by atoms with Crippen LogP contribution in [0, 0.1) is 0 Å². The van der Waals surface area contributed by atoms with Gasteiger partial charge in [-0.15, -0.1) is 0 Å². The van der Waals surface area contributed by atoms with Crippen molar-refractivity contribution in [3.63, 3.8) is 0 Å². The molecule has 0 fully saturated rings. The number of aromatic nitrogens is 1. The fourth-order valence-corrected chi connectivity index (χ4v) is 3.39. The Kier molecular flexibility index (Phi) is 4.68. The van der Waals surface area contributed by atoms with Crippen molar-refractivity contribution in [1.82, 2.24) is 4.98 Å². The van der Waals surface area contributed by atoms with Crippen LogP contribution in [-0.4, -0.2) is 13.4 Å². The Labute approximate surface area is 136 Å². The van der Waals surface area contributed by atoms with E-state index in [0.717, 1.165) is 0 Å². The van der Waals surface area contributed by atoms with Crippen molar-refractivity contribution in [2.45, 2.75) is 44.1 Å². The third-order valence-corrected chi connectivity index (χ3v) is 5.75. The topological polar surface area (TPSA) is 60.2 Å². The van der Waals surface area contributed by atoms with Gasteiger partial charge in [0.05, 0.1) is 11.4 Å². The summed E-state index contributed by atoms with van der Waals surface area (Å²) in [5.74, 6) is 0.690. The molecule has 6 heteroatoms. The van der Waals surface area contributed by atoms with Crippen molar-refractivity contribution >= 4 is 21.4 Å². The van der Waals surface area contributed by atoms with Crippen LogP contribution < -0.4 is 0 Å².